The van der Waals surface area contributed by atoms with Gasteiger partial charge in [-0.2, -0.15) is 4.31 Å². The highest BCUT2D eigenvalue weighted by Crippen LogP contribution is 2.29. The molecule has 152 valence electrons. The molecule has 8 heteroatoms. The van der Waals surface area contributed by atoms with Crippen LogP contribution >= 0.6 is 11.3 Å². The molecule has 4 atom stereocenters. The Hall–Kier alpha value is -0.960. The van der Waals surface area contributed by atoms with Crippen molar-refractivity contribution in [3.63, 3.8) is 0 Å². The molecule has 6 nitrogen and oxygen atoms in total. The number of nitrogens with zero attached hydrogens (tertiary/aromatic N) is 2. The number of amides is 1. The summed E-state index contributed by atoms with van der Waals surface area (Å²) in [5, 5.41) is 5.03. The average Bonchev–Trinajstić information content (AvgIpc) is 3.20. The molecule has 0 aromatic carbocycles. The number of piperazine rings is 1. The van der Waals surface area contributed by atoms with Crippen LogP contribution in [0.25, 0.3) is 0 Å². The van der Waals surface area contributed by atoms with E-state index in [2.05, 4.69) is 24.1 Å². The van der Waals surface area contributed by atoms with Gasteiger partial charge in [0, 0.05) is 32.2 Å². The fourth-order valence-electron chi connectivity index (χ4n) is 4.12. The standard InChI is InChI=1S/C19H31N3O3S2/c1-14-6-4-7-17(15(14)2)20-19(23)16(3)21-9-11-22(12-10-21)27(24,25)18-8-5-13-26-18/h5,8,13-17H,4,6-7,9-12H2,1-3H3,(H,20,23)/t14-,15+,16+,17-/m0/s1. The number of thiophene rings is 1. The molecule has 1 saturated heterocycles. The van der Waals surface area contributed by atoms with Gasteiger partial charge in [0.15, 0.2) is 0 Å². The van der Waals surface area contributed by atoms with Gasteiger partial charge in [-0.25, -0.2) is 8.42 Å². The molecule has 0 unspecified atom stereocenters. The molecule has 1 aromatic heterocycles. The first-order chi connectivity index (χ1) is 12.8. The van der Waals surface area contributed by atoms with Crippen LogP contribution < -0.4 is 5.32 Å². The van der Waals surface area contributed by atoms with Crippen molar-refractivity contribution in [2.75, 3.05) is 26.2 Å². The minimum absolute atomic E-state index is 0.0653. The minimum Gasteiger partial charge on any atom is -0.352 e. The van der Waals surface area contributed by atoms with Gasteiger partial charge in [-0.15, -0.1) is 11.3 Å². The van der Waals surface area contributed by atoms with Gasteiger partial charge in [-0.3, -0.25) is 9.69 Å². The predicted molar refractivity (Wildman–Crippen MR) is 108 cm³/mol. The molecule has 27 heavy (non-hydrogen) atoms. The lowest BCUT2D eigenvalue weighted by Crippen LogP contribution is -2.56. The molecule has 0 radical (unpaired) electrons. The highest BCUT2D eigenvalue weighted by Gasteiger charge is 2.34. The van der Waals surface area contributed by atoms with Crippen molar-refractivity contribution in [2.45, 2.75) is 56.3 Å². The van der Waals surface area contributed by atoms with Gasteiger partial charge in [0.1, 0.15) is 4.21 Å². The molecule has 1 amide bonds. The number of nitrogens with one attached hydrogen (secondary N) is 1. The van der Waals surface area contributed by atoms with Crippen LogP contribution in [0.15, 0.2) is 21.7 Å². The van der Waals surface area contributed by atoms with E-state index in [-0.39, 0.29) is 18.0 Å². The summed E-state index contributed by atoms with van der Waals surface area (Å²) >= 11 is 1.25. The second-order valence-corrected chi connectivity index (χ2v) is 11.0. The maximum absolute atomic E-state index is 12.7. The lowest BCUT2D eigenvalue weighted by molar-refractivity contribution is -0.127. The highest BCUT2D eigenvalue weighted by atomic mass is 32.2. The second kappa shape index (κ2) is 8.59. The molecular weight excluding hydrogens is 382 g/mol. The molecule has 2 heterocycles. The molecule has 1 aromatic rings. The van der Waals surface area contributed by atoms with E-state index < -0.39 is 10.0 Å². The largest absolute Gasteiger partial charge is 0.352 e. The Morgan fingerprint density at radius 2 is 1.93 bits per heavy atom. The zero-order valence-corrected chi connectivity index (χ0v) is 18.1. The Balaban J connectivity index is 1.53. The quantitative estimate of drug-likeness (QED) is 0.805. The van der Waals surface area contributed by atoms with Crippen LogP contribution in [0.5, 0.6) is 0 Å². The van der Waals surface area contributed by atoms with E-state index in [1.165, 1.54) is 28.5 Å². The second-order valence-electron chi connectivity index (χ2n) is 7.93. The fraction of sp³-hybridized carbons (Fsp3) is 0.737. The van der Waals surface area contributed by atoms with Crippen LogP contribution in [-0.2, 0) is 14.8 Å². The molecule has 0 spiro atoms. The van der Waals surface area contributed by atoms with Gasteiger partial charge in [-0.1, -0.05) is 32.8 Å². The van der Waals surface area contributed by atoms with Crippen LogP contribution in [0.4, 0.5) is 0 Å². The van der Waals surface area contributed by atoms with Crippen molar-refractivity contribution in [1.29, 1.82) is 0 Å². The van der Waals surface area contributed by atoms with Crippen LogP contribution in [0.2, 0.25) is 0 Å². The number of carbonyl (C=O) groups is 1. The van der Waals surface area contributed by atoms with E-state index in [1.807, 2.05) is 6.92 Å². The Morgan fingerprint density at radius 3 is 2.56 bits per heavy atom. The third-order valence-corrected chi connectivity index (χ3v) is 9.60. The Morgan fingerprint density at radius 1 is 1.22 bits per heavy atom. The summed E-state index contributed by atoms with van der Waals surface area (Å²) in [4.78, 5) is 14.8. The summed E-state index contributed by atoms with van der Waals surface area (Å²) in [6.07, 6.45) is 3.46. The summed E-state index contributed by atoms with van der Waals surface area (Å²) in [5.41, 5.74) is 0. The van der Waals surface area contributed by atoms with Crippen molar-refractivity contribution in [3.05, 3.63) is 17.5 Å². The molecule has 2 aliphatic rings. The number of hydrogen-bond donors (Lipinski definition) is 1. The van der Waals surface area contributed by atoms with Crippen LogP contribution in [-0.4, -0.2) is 61.8 Å². The predicted octanol–water partition coefficient (Wildman–Crippen LogP) is 2.38. The summed E-state index contributed by atoms with van der Waals surface area (Å²) in [7, 11) is -3.40. The molecule has 2 fully saturated rings. The van der Waals surface area contributed by atoms with Crippen molar-refractivity contribution >= 4 is 27.3 Å². The SMILES string of the molecule is C[C@H]1[C@@H](NC(=O)[C@@H](C)N2CCN(S(=O)(=O)c3cccs3)CC2)CCC[C@@H]1C. The number of carbonyl (C=O) groups excluding carboxylic acids is 1. The van der Waals surface area contributed by atoms with E-state index in [4.69, 9.17) is 0 Å². The van der Waals surface area contributed by atoms with E-state index in [1.54, 1.807) is 17.5 Å². The molecule has 1 saturated carbocycles. The summed E-state index contributed by atoms with van der Waals surface area (Å²) < 4.78 is 27.2. The van der Waals surface area contributed by atoms with Crippen LogP contribution in [0.3, 0.4) is 0 Å². The molecule has 3 rings (SSSR count). The third kappa shape index (κ3) is 4.55. The fourth-order valence-corrected chi connectivity index (χ4v) is 6.69. The maximum Gasteiger partial charge on any atom is 0.252 e. The summed E-state index contributed by atoms with van der Waals surface area (Å²) in [5.74, 6) is 1.21. The van der Waals surface area contributed by atoms with Crippen molar-refractivity contribution in [3.8, 4) is 0 Å². The van der Waals surface area contributed by atoms with Gasteiger partial charge in [-0.05, 0) is 36.6 Å². The molecular formula is C19H31N3O3S2. The Kier molecular flexibility index (Phi) is 6.61. The summed E-state index contributed by atoms with van der Waals surface area (Å²) in [6, 6.07) is 3.42. The Bertz CT molecular complexity index is 727. The first kappa shape index (κ1) is 20.8. The van der Waals surface area contributed by atoms with Gasteiger partial charge < -0.3 is 5.32 Å². The number of hydrogen-bond acceptors (Lipinski definition) is 5. The van der Waals surface area contributed by atoms with Gasteiger partial charge in [0.05, 0.1) is 6.04 Å². The van der Waals surface area contributed by atoms with E-state index in [9.17, 15) is 13.2 Å². The van der Waals surface area contributed by atoms with Crippen LogP contribution in [0.1, 0.15) is 40.0 Å². The van der Waals surface area contributed by atoms with Crippen LogP contribution in [0, 0.1) is 11.8 Å². The average molecular weight is 414 g/mol. The first-order valence-corrected chi connectivity index (χ1v) is 12.2. The third-order valence-electron chi connectivity index (χ3n) is 6.32. The summed E-state index contributed by atoms with van der Waals surface area (Å²) in [6.45, 7) is 8.43. The van der Waals surface area contributed by atoms with E-state index in [0.29, 0.717) is 42.2 Å². The normalized spacial score (nSPS) is 29.4. The first-order valence-electron chi connectivity index (χ1n) is 9.88. The van der Waals surface area contributed by atoms with Gasteiger partial charge in [0.2, 0.25) is 5.91 Å². The monoisotopic (exact) mass is 413 g/mol. The van der Waals surface area contributed by atoms with Gasteiger partial charge >= 0.3 is 0 Å². The molecule has 1 aliphatic heterocycles. The zero-order chi connectivity index (χ0) is 19.6. The minimum atomic E-state index is -3.40. The molecule has 0 bridgehead atoms. The van der Waals surface area contributed by atoms with E-state index in [0.717, 1.165) is 6.42 Å². The molecule has 1 N–H and O–H groups in total. The number of sulfonamides is 1. The highest BCUT2D eigenvalue weighted by molar-refractivity contribution is 7.91. The smallest absolute Gasteiger partial charge is 0.252 e. The van der Waals surface area contributed by atoms with Gasteiger partial charge in [0.25, 0.3) is 10.0 Å². The lowest BCUT2D eigenvalue weighted by Gasteiger charge is -2.39. The molecule has 1 aliphatic carbocycles. The number of rotatable bonds is 5. The van der Waals surface area contributed by atoms with Crippen molar-refractivity contribution in [2.24, 2.45) is 11.8 Å². The van der Waals surface area contributed by atoms with Crippen molar-refractivity contribution in [1.82, 2.24) is 14.5 Å². The Labute approximate surface area is 167 Å². The van der Waals surface area contributed by atoms with Crippen molar-refractivity contribution < 1.29 is 13.2 Å². The maximum atomic E-state index is 12.7. The topological polar surface area (TPSA) is 69.7 Å². The zero-order valence-electron chi connectivity index (χ0n) is 16.4. The van der Waals surface area contributed by atoms with E-state index >= 15 is 0 Å². The lowest BCUT2D eigenvalue weighted by atomic mass is 9.78.